The normalized spacial score (nSPS) is 15.3. The highest BCUT2D eigenvalue weighted by Gasteiger charge is 2.27. The Hall–Kier alpha value is -1.43. The van der Waals surface area contributed by atoms with Crippen molar-refractivity contribution < 1.29 is 15.0 Å². The zero-order chi connectivity index (χ0) is 11.5. The standard InChI is InChI=1S/C10H15N3O3/c14-5-1-4-13-8(6-7-2-3-7)9(10(15)16)11-12-13/h7,14H,1-6H2,(H,15,16). The molecule has 0 saturated heterocycles. The highest BCUT2D eigenvalue weighted by Crippen LogP contribution is 2.33. The van der Waals surface area contributed by atoms with E-state index in [9.17, 15) is 4.79 Å². The zero-order valence-corrected chi connectivity index (χ0v) is 8.96. The molecule has 1 aromatic heterocycles. The first-order valence-electron chi connectivity index (χ1n) is 5.49. The van der Waals surface area contributed by atoms with Crippen molar-refractivity contribution in [3.8, 4) is 0 Å². The van der Waals surface area contributed by atoms with E-state index >= 15 is 0 Å². The minimum atomic E-state index is -1.02. The molecule has 1 aliphatic rings. The van der Waals surface area contributed by atoms with Crippen LogP contribution in [0.25, 0.3) is 0 Å². The Balaban J connectivity index is 2.17. The molecule has 0 spiro atoms. The van der Waals surface area contributed by atoms with Crippen LogP contribution in [-0.2, 0) is 13.0 Å². The van der Waals surface area contributed by atoms with Crippen LogP contribution in [0.15, 0.2) is 0 Å². The number of aromatic carboxylic acids is 1. The fourth-order valence-corrected chi connectivity index (χ4v) is 1.70. The van der Waals surface area contributed by atoms with E-state index in [1.54, 1.807) is 4.68 Å². The molecule has 6 nitrogen and oxygen atoms in total. The molecular formula is C10H15N3O3. The summed E-state index contributed by atoms with van der Waals surface area (Å²) in [5.41, 5.74) is 0.758. The fraction of sp³-hybridized carbons (Fsp3) is 0.700. The van der Waals surface area contributed by atoms with Crippen LogP contribution in [0, 0.1) is 5.92 Å². The second kappa shape index (κ2) is 4.61. The van der Waals surface area contributed by atoms with E-state index in [1.165, 1.54) is 0 Å². The van der Waals surface area contributed by atoms with Gasteiger partial charge >= 0.3 is 5.97 Å². The number of hydrogen-bond donors (Lipinski definition) is 2. The molecule has 6 heteroatoms. The summed E-state index contributed by atoms with van der Waals surface area (Å²) in [6, 6.07) is 0. The molecule has 0 aliphatic heterocycles. The van der Waals surface area contributed by atoms with Crippen LogP contribution < -0.4 is 0 Å². The van der Waals surface area contributed by atoms with Crippen molar-refractivity contribution in [2.24, 2.45) is 5.92 Å². The number of nitrogens with zero attached hydrogens (tertiary/aromatic N) is 3. The van der Waals surface area contributed by atoms with Gasteiger partial charge in [0.25, 0.3) is 0 Å². The molecule has 1 saturated carbocycles. The van der Waals surface area contributed by atoms with Gasteiger partial charge in [-0.05, 0) is 31.6 Å². The van der Waals surface area contributed by atoms with Crippen LogP contribution in [0.3, 0.4) is 0 Å². The molecule has 0 atom stereocenters. The number of carboxylic acid groups (broad SMARTS) is 1. The van der Waals surface area contributed by atoms with Crippen molar-refractivity contribution in [3.05, 3.63) is 11.4 Å². The smallest absolute Gasteiger partial charge is 0.358 e. The van der Waals surface area contributed by atoms with E-state index in [2.05, 4.69) is 10.3 Å². The summed E-state index contributed by atoms with van der Waals surface area (Å²) in [4.78, 5) is 10.9. The van der Waals surface area contributed by atoms with E-state index < -0.39 is 5.97 Å². The summed E-state index contributed by atoms with van der Waals surface area (Å²) in [6.45, 7) is 0.601. The average Bonchev–Trinajstić information content (AvgIpc) is 2.96. The first-order valence-corrected chi connectivity index (χ1v) is 5.49. The Morgan fingerprint density at radius 3 is 2.81 bits per heavy atom. The lowest BCUT2D eigenvalue weighted by Gasteiger charge is -2.04. The maximum absolute atomic E-state index is 10.9. The Labute approximate surface area is 92.9 Å². The van der Waals surface area contributed by atoms with Crippen molar-refractivity contribution in [3.63, 3.8) is 0 Å². The molecule has 2 N–H and O–H groups in total. The first-order chi connectivity index (χ1) is 7.72. The third-order valence-corrected chi connectivity index (χ3v) is 2.75. The minimum absolute atomic E-state index is 0.0600. The molecule has 0 unspecified atom stereocenters. The van der Waals surface area contributed by atoms with Gasteiger partial charge in [-0.1, -0.05) is 5.21 Å². The number of rotatable bonds is 6. The quantitative estimate of drug-likeness (QED) is 0.727. The van der Waals surface area contributed by atoms with Crippen molar-refractivity contribution in [2.75, 3.05) is 6.61 Å². The summed E-state index contributed by atoms with van der Waals surface area (Å²) in [5, 5.41) is 25.2. The molecule has 1 fully saturated rings. The molecule has 2 rings (SSSR count). The van der Waals surface area contributed by atoms with Crippen LogP contribution in [0.2, 0.25) is 0 Å². The van der Waals surface area contributed by atoms with Gasteiger partial charge in [0.2, 0.25) is 0 Å². The third-order valence-electron chi connectivity index (χ3n) is 2.75. The largest absolute Gasteiger partial charge is 0.476 e. The van der Waals surface area contributed by atoms with Gasteiger partial charge in [-0.3, -0.25) is 0 Å². The van der Waals surface area contributed by atoms with E-state index in [4.69, 9.17) is 10.2 Å². The van der Waals surface area contributed by atoms with Crippen LogP contribution >= 0.6 is 0 Å². The van der Waals surface area contributed by atoms with Gasteiger partial charge in [0.1, 0.15) is 0 Å². The molecule has 88 valence electrons. The highest BCUT2D eigenvalue weighted by molar-refractivity contribution is 5.86. The SMILES string of the molecule is O=C(O)c1nnn(CCCO)c1CC1CC1. The van der Waals surface area contributed by atoms with Crippen molar-refractivity contribution >= 4 is 5.97 Å². The summed E-state index contributed by atoms with van der Waals surface area (Å²) >= 11 is 0. The van der Waals surface area contributed by atoms with Crippen LogP contribution in [0.1, 0.15) is 35.4 Å². The molecule has 0 aromatic carbocycles. The number of aryl methyl sites for hydroxylation is 1. The second-order valence-electron chi connectivity index (χ2n) is 4.14. The monoisotopic (exact) mass is 225 g/mol. The average molecular weight is 225 g/mol. The second-order valence-corrected chi connectivity index (χ2v) is 4.14. The predicted octanol–water partition coefficient (Wildman–Crippen LogP) is 0.311. The molecular weight excluding hydrogens is 210 g/mol. The van der Waals surface area contributed by atoms with Gasteiger partial charge in [0.05, 0.1) is 5.69 Å². The number of carboxylic acids is 1. The molecule has 1 heterocycles. The van der Waals surface area contributed by atoms with Crippen LogP contribution in [0.5, 0.6) is 0 Å². The van der Waals surface area contributed by atoms with Gasteiger partial charge in [-0.15, -0.1) is 5.10 Å². The number of aliphatic hydroxyl groups excluding tert-OH is 1. The number of hydrogen-bond acceptors (Lipinski definition) is 4. The molecule has 0 radical (unpaired) electrons. The van der Waals surface area contributed by atoms with Gasteiger partial charge in [0, 0.05) is 13.2 Å². The first kappa shape index (κ1) is 11.1. The number of aliphatic hydroxyl groups is 1. The summed E-state index contributed by atoms with van der Waals surface area (Å²) in [5.74, 6) is -0.435. The predicted molar refractivity (Wildman–Crippen MR) is 55.1 cm³/mol. The van der Waals surface area contributed by atoms with Crippen LogP contribution in [0.4, 0.5) is 0 Å². The summed E-state index contributed by atoms with van der Waals surface area (Å²) in [6.07, 6.45) is 3.62. The van der Waals surface area contributed by atoms with E-state index in [-0.39, 0.29) is 12.3 Å². The van der Waals surface area contributed by atoms with Crippen molar-refractivity contribution in [2.45, 2.75) is 32.2 Å². The molecule has 1 aliphatic carbocycles. The highest BCUT2D eigenvalue weighted by atomic mass is 16.4. The molecule has 16 heavy (non-hydrogen) atoms. The van der Waals surface area contributed by atoms with Gasteiger partial charge in [0.15, 0.2) is 5.69 Å². The summed E-state index contributed by atoms with van der Waals surface area (Å²) in [7, 11) is 0. The number of aromatic nitrogens is 3. The Morgan fingerprint density at radius 2 is 2.25 bits per heavy atom. The fourth-order valence-electron chi connectivity index (χ4n) is 1.70. The van der Waals surface area contributed by atoms with E-state index in [0.717, 1.165) is 19.3 Å². The lowest BCUT2D eigenvalue weighted by Crippen LogP contribution is -2.10. The van der Waals surface area contributed by atoms with Crippen molar-refractivity contribution in [1.29, 1.82) is 0 Å². The summed E-state index contributed by atoms with van der Waals surface area (Å²) < 4.78 is 1.61. The maximum atomic E-state index is 10.9. The van der Waals surface area contributed by atoms with Crippen LogP contribution in [-0.4, -0.2) is 37.8 Å². The topological polar surface area (TPSA) is 88.2 Å². The van der Waals surface area contributed by atoms with Gasteiger partial charge in [-0.25, -0.2) is 9.48 Å². The lowest BCUT2D eigenvalue weighted by molar-refractivity contribution is 0.0689. The lowest BCUT2D eigenvalue weighted by atomic mass is 10.2. The maximum Gasteiger partial charge on any atom is 0.358 e. The Bertz CT molecular complexity index is 385. The van der Waals surface area contributed by atoms with E-state index in [0.29, 0.717) is 24.6 Å². The van der Waals surface area contributed by atoms with Gasteiger partial charge < -0.3 is 10.2 Å². The Kier molecular flexibility index (Phi) is 3.19. The van der Waals surface area contributed by atoms with E-state index in [1.807, 2.05) is 0 Å². The number of carbonyl (C=O) groups is 1. The molecule has 0 amide bonds. The molecule has 0 bridgehead atoms. The minimum Gasteiger partial charge on any atom is -0.476 e. The van der Waals surface area contributed by atoms with Crippen molar-refractivity contribution in [1.82, 2.24) is 15.0 Å². The zero-order valence-electron chi connectivity index (χ0n) is 8.96. The van der Waals surface area contributed by atoms with Gasteiger partial charge in [-0.2, -0.15) is 0 Å². The third kappa shape index (κ3) is 2.38. The molecule has 1 aromatic rings. The Morgan fingerprint density at radius 1 is 1.50 bits per heavy atom.